The number of sulfonamides is 1. The minimum Gasteiger partial charge on any atom is -0.231 e. The van der Waals surface area contributed by atoms with Crippen molar-refractivity contribution in [3.05, 3.63) is 65.9 Å². The largest absolute Gasteiger partial charge is 0.435 e. The highest BCUT2D eigenvalue weighted by Crippen LogP contribution is 2.34. The van der Waals surface area contributed by atoms with Crippen molar-refractivity contribution in [1.29, 1.82) is 0 Å². The third-order valence-electron chi connectivity index (χ3n) is 3.75. The summed E-state index contributed by atoms with van der Waals surface area (Å²) in [6.07, 6.45) is -4.68. The van der Waals surface area contributed by atoms with Crippen molar-refractivity contribution in [3.63, 3.8) is 0 Å². The van der Waals surface area contributed by atoms with E-state index in [1.54, 1.807) is 24.3 Å². The van der Waals surface area contributed by atoms with E-state index in [0.717, 1.165) is 16.3 Å². The van der Waals surface area contributed by atoms with Crippen LogP contribution in [-0.4, -0.2) is 18.2 Å². The standard InChI is InChI=1S/C17H14F3N3O2S/c1-11-6-8-12(9-7-11)14-10-16(17(18,19)20)22-23(14)13-4-2-3-5-15(13)26(21,24)25/h2-10H,1H3,(H2,21,24,25). The Labute approximate surface area is 147 Å². The molecule has 0 unspecified atom stereocenters. The van der Waals surface area contributed by atoms with Gasteiger partial charge in [-0.25, -0.2) is 18.2 Å². The molecule has 2 N–H and O–H groups in total. The van der Waals surface area contributed by atoms with E-state index >= 15 is 0 Å². The first-order valence-corrected chi connectivity index (χ1v) is 8.98. The Kier molecular flexibility index (Phi) is 4.37. The van der Waals surface area contributed by atoms with Crippen LogP contribution in [0.15, 0.2) is 59.5 Å². The van der Waals surface area contributed by atoms with Gasteiger partial charge in [-0.1, -0.05) is 42.0 Å². The number of benzene rings is 2. The van der Waals surface area contributed by atoms with Crippen LogP contribution >= 0.6 is 0 Å². The molecule has 5 nitrogen and oxygen atoms in total. The van der Waals surface area contributed by atoms with E-state index in [2.05, 4.69) is 5.10 Å². The van der Waals surface area contributed by atoms with E-state index < -0.39 is 21.9 Å². The van der Waals surface area contributed by atoms with Gasteiger partial charge >= 0.3 is 6.18 Å². The summed E-state index contributed by atoms with van der Waals surface area (Å²) in [5, 5.41) is 8.80. The first-order chi connectivity index (χ1) is 12.1. The summed E-state index contributed by atoms with van der Waals surface area (Å²) in [5.74, 6) is 0. The summed E-state index contributed by atoms with van der Waals surface area (Å²) in [5.41, 5.74) is 0.315. The second-order valence-electron chi connectivity index (χ2n) is 5.70. The molecule has 2 aromatic carbocycles. The van der Waals surface area contributed by atoms with E-state index in [0.29, 0.717) is 5.56 Å². The second kappa shape index (κ2) is 6.26. The zero-order valence-corrected chi connectivity index (χ0v) is 14.3. The molecule has 0 saturated carbocycles. The second-order valence-corrected chi connectivity index (χ2v) is 7.23. The van der Waals surface area contributed by atoms with Crippen molar-refractivity contribution in [2.75, 3.05) is 0 Å². The zero-order valence-electron chi connectivity index (χ0n) is 13.5. The average Bonchev–Trinajstić information content (AvgIpc) is 3.00. The fourth-order valence-electron chi connectivity index (χ4n) is 2.51. The first kappa shape index (κ1) is 18.2. The summed E-state index contributed by atoms with van der Waals surface area (Å²) < 4.78 is 64.2. The Morgan fingerprint density at radius 1 is 1.04 bits per heavy atom. The molecule has 0 aliphatic heterocycles. The minimum atomic E-state index is -4.68. The van der Waals surface area contributed by atoms with E-state index in [1.165, 1.54) is 24.3 Å². The maximum atomic E-state index is 13.2. The Bertz CT molecular complexity index is 1060. The maximum absolute atomic E-state index is 13.2. The van der Waals surface area contributed by atoms with Crippen LogP contribution in [0.1, 0.15) is 11.3 Å². The van der Waals surface area contributed by atoms with Crippen LogP contribution in [0.3, 0.4) is 0 Å². The number of hydrogen-bond donors (Lipinski definition) is 1. The smallest absolute Gasteiger partial charge is 0.231 e. The number of halogens is 3. The Hall–Kier alpha value is -2.65. The summed E-state index contributed by atoms with van der Waals surface area (Å²) in [6.45, 7) is 1.85. The number of aromatic nitrogens is 2. The zero-order chi connectivity index (χ0) is 19.1. The van der Waals surface area contributed by atoms with Crippen LogP contribution in [0, 0.1) is 6.92 Å². The fraction of sp³-hybridized carbons (Fsp3) is 0.118. The SMILES string of the molecule is Cc1ccc(-c2cc(C(F)(F)F)nn2-c2ccccc2S(N)(=O)=O)cc1. The number of alkyl halides is 3. The topological polar surface area (TPSA) is 78.0 Å². The summed E-state index contributed by atoms with van der Waals surface area (Å²) in [6, 6.07) is 13.1. The van der Waals surface area contributed by atoms with Crippen molar-refractivity contribution in [2.24, 2.45) is 5.14 Å². The van der Waals surface area contributed by atoms with Crippen molar-refractivity contribution in [1.82, 2.24) is 9.78 Å². The summed E-state index contributed by atoms with van der Waals surface area (Å²) >= 11 is 0. The monoisotopic (exact) mass is 381 g/mol. The van der Waals surface area contributed by atoms with Gasteiger partial charge in [0.15, 0.2) is 5.69 Å². The Morgan fingerprint density at radius 3 is 2.23 bits per heavy atom. The lowest BCUT2D eigenvalue weighted by molar-refractivity contribution is -0.141. The van der Waals surface area contributed by atoms with Crippen molar-refractivity contribution in [3.8, 4) is 16.9 Å². The third kappa shape index (κ3) is 3.49. The molecule has 0 aliphatic carbocycles. The first-order valence-electron chi connectivity index (χ1n) is 7.44. The van der Waals surface area contributed by atoms with Crippen LogP contribution in [0.5, 0.6) is 0 Å². The molecule has 0 amide bonds. The summed E-state index contributed by atoms with van der Waals surface area (Å²) in [7, 11) is -4.16. The quantitative estimate of drug-likeness (QED) is 0.754. The molecule has 3 rings (SSSR count). The van der Waals surface area contributed by atoms with E-state index in [1.807, 2.05) is 6.92 Å². The molecule has 9 heteroatoms. The highest BCUT2D eigenvalue weighted by atomic mass is 32.2. The lowest BCUT2D eigenvalue weighted by Gasteiger charge is -2.11. The van der Waals surface area contributed by atoms with Crippen LogP contribution in [0.25, 0.3) is 16.9 Å². The molecule has 0 atom stereocenters. The van der Waals surface area contributed by atoms with Crippen molar-refractivity contribution < 1.29 is 21.6 Å². The predicted octanol–water partition coefficient (Wildman–Crippen LogP) is 3.51. The molecule has 0 bridgehead atoms. The fourth-order valence-corrected chi connectivity index (χ4v) is 3.22. The number of rotatable bonds is 3. The highest BCUT2D eigenvalue weighted by Gasteiger charge is 2.35. The maximum Gasteiger partial charge on any atom is 0.435 e. The molecule has 3 aromatic rings. The van der Waals surface area contributed by atoms with Crippen molar-refractivity contribution in [2.45, 2.75) is 18.0 Å². The van der Waals surface area contributed by atoms with Crippen LogP contribution in [0.4, 0.5) is 13.2 Å². The van der Waals surface area contributed by atoms with E-state index in [4.69, 9.17) is 5.14 Å². The Morgan fingerprint density at radius 2 is 1.65 bits per heavy atom. The molecule has 1 aromatic heterocycles. The predicted molar refractivity (Wildman–Crippen MR) is 90.1 cm³/mol. The van der Waals surface area contributed by atoms with E-state index in [9.17, 15) is 21.6 Å². The van der Waals surface area contributed by atoms with Crippen LogP contribution in [0.2, 0.25) is 0 Å². The van der Waals surface area contributed by atoms with Gasteiger partial charge in [-0.15, -0.1) is 0 Å². The van der Waals surface area contributed by atoms with Gasteiger partial charge in [0, 0.05) is 5.56 Å². The number of aryl methyl sites for hydroxylation is 1. The van der Waals surface area contributed by atoms with Gasteiger partial charge in [-0.2, -0.15) is 18.3 Å². The van der Waals surface area contributed by atoms with Gasteiger partial charge in [-0.05, 0) is 25.1 Å². The van der Waals surface area contributed by atoms with E-state index in [-0.39, 0.29) is 16.3 Å². The molecule has 0 saturated heterocycles. The minimum absolute atomic E-state index is 0.0546. The molecular formula is C17H14F3N3O2S. The van der Waals surface area contributed by atoms with Gasteiger partial charge in [-0.3, -0.25) is 0 Å². The number of nitrogens with zero attached hydrogens (tertiary/aromatic N) is 2. The number of nitrogens with two attached hydrogens (primary N) is 1. The van der Waals surface area contributed by atoms with Crippen LogP contribution < -0.4 is 5.14 Å². The molecule has 0 spiro atoms. The molecule has 1 heterocycles. The lowest BCUT2D eigenvalue weighted by atomic mass is 10.1. The molecule has 136 valence electrons. The number of para-hydroxylation sites is 1. The van der Waals surface area contributed by atoms with Crippen LogP contribution in [-0.2, 0) is 16.2 Å². The average molecular weight is 381 g/mol. The highest BCUT2D eigenvalue weighted by molar-refractivity contribution is 7.89. The molecule has 0 radical (unpaired) electrons. The Balaban J connectivity index is 2.31. The molecule has 0 fully saturated rings. The molecule has 26 heavy (non-hydrogen) atoms. The van der Waals surface area contributed by atoms with Gasteiger partial charge in [0.1, 0.15) is 4.90 Å². The number of hydrogen-bond acceptors (Lipinski definition) is 3. The lowest BCUT2D eigenvalue weighted by Crippen LogP contribution is -2.16. The van der Waals surface area contributed by atoms with Crippen molar-refractivity contribution >= 4 is 10.0 Å². The molecule has 0 aliphatic rings. The third-order valence-corrected chi connectivity index (χ3v) is 4.71. The summed E-state index contributed by atoms with van der Waals surface area (Å²) in [4.78, 5) is -0.315. The van der Waals surface area contributed by atoms with Gasteiger partial charge in [0.05, 0.1) is 11.4 Å². The normalized spacial score (nSPS) is 12.3. The molecular weight excluding hydrogens is 367 g/mol. The van der Waals surface area contributed by atoms with Gasteiger partial charge in [0.2, 0.25) is 10.0 Å². The number of primary sulfonamides is 1. The van der Waals surface area contributed by atoms with Gasteiger partial charge < -0.3 is 0 Å². The van der Waals surface area contributed by atoms with Gasteiger partial charge in [0.25, 0.3) is 0 Å².